The van der Waals surface area contributed by atoms with Gasteiger partial charge >= 0.3 is 0 Å². The number of hydrogen-bond acceptors (Lipinski definition) is 2. The molecule has 0 amide bonds. The van der Waals surface area contributed by atoms with E-state index in [0.717, 1.165) is 34.0 Å². The molecule has 182 valence electrons. The van der Waals surface area contributed by atoms with Crippen LogP contribution in [0.4, 0.5) is 28.4 Å². The molecule has 0 aromatic heterocycles. The fourth-order valence-corrected chi connectivity index (χ4v) is 4.76. The smallest absolute Gasteiger partial charge is 0.0488 e. The van der Waals surface area contributed by atoms with Gasteiger partial charge in [0.05, 0.1) is 0 Å². The van der Waals surface area contributed by atoms with Gasteiger partial charge < -0.3 is 10.2 Å². The molecule has 0 bridgehead atoms. The number of hydrogen-bond donors (Lipinski definition) is 1. The minimum atomic E-state index is 1.04. The first kappa shape index (κ1) is 23.3. The molecule has 0 spiro atoms. The molecule has 38 heavy (non-hydrogen) atoms. The Bertz CT molecular complexity index is 1600. The van der Waals surface area contributed by atoms with Crippen molar-refractivity contribution in [3.63, 3.8) is 0 Å². The molecule has 0 aliphatic heterocycles. The van der Waals surface area contributed by atoms with Crippen LogP contribution >= 0.6 is 0 Å². The van der Waals surface area contributed by atoms with Gasteiger partial charge in [0.2, 0.25) is 0 Å². The molecule has 0 unspecified atom stereocenters. The predicted octanol–water partition coefficient (Wildman–Crippen LogP) is 10.2. The normalized spacial score (nSPS) is 10.6. The molecule has 0 aliphatic carbocycles. The summed E-state index contributed by atoms with van der Waals surface area (Å²) in [5, 5.41) is 3.62. The number of nitrogens with one attached hydrogen (secondary N) is 1. The van der Waals surface area contributed by atoms with E-state index in [2.05, 4.69) is 168 Å². The molecule has 1 N–H and O–H groups in total. The van der Waals surface area contributed by atoms with E-state index in [1.54, 1.807) is 0 Å². The molecule has 0 saturated carbocycles. The first-order chi connectivity index (χ1) is 18.8. The summed E-state index contributed by atoms with van der Waals surface area (Å²) in [4.78, 5) is 2.32. The molecular weight excluding hydrogens is 460 g/mol. The lowest BCUT2D eigenvalue weighted by atomic mass is 10.0. The van der Waals surface area contributed by atoms with Crippen molar-refractivity contribution in [2.45, 2.75) is 0 Å². The zero-order valence-corrected chi connectivity index (χ0v) is 21.0. The van der Waals surface area contributed by atoms with Gasteiger partial charge in [-0.1, -0.05) is 109 Å². The van der Waals surface area contributed by atoms with Crippen LogP contribution in [0.3, 0.4) is 0 Å². The topological polar surface area (TPSA) is 15.3 Å². The fourth-order valence-electron chi connectivity index (χ4n) is 4.76. The minimum Gasteiger partial charge on any atom is -0.355 e. The first-order valence-electron chi connectivity index (χ1n) is 12.9. The maximum atomic E-state index is 3.62. The van der Waals surface area contributed by atoms with E-state index in [1.165, 1.54) is 16.7 Å². The third-order valence-electron chi connectivity index (χ3n) is 6.59. The van der Waals surface area contributed by atoms with Gasteiger partial charge in [-0.3, -0.25) is 0 Å². The highest BCUT2D eigenvalue weighted by molar-refractivity contribution is 5.84. The zero-order chi connectivity index (χ0) is 25.6. The van der Waals surface area contributed by atoms with Gasteiger partial charge in [-0.25, -0.2) is 0 Å². The Morgan fingerprint density at radius 3 is 1.39 bits per heavy atom. The molecule has 0 atom stereocenters. The Morgan fingerprint density at radius 2 is 0.789 bits per heavy atom. The van der Waals surface area contributed by atoms with Crippen LogP contribution in [-0.4, -0.2) is 0 Å². The lowest BCUT2D eigenvalue weighted by molar-refractivity contribution is 1.28. The van der Waals surface area contributed by atoms with Crippen molar-refractivity contribution in [2.75, 3.05) is 10.2 Å². The number of rotatable bonds is 7. The molecule has 6 aromatic rings. The van der Waals surface area contributed by atoms with Gasteiger partial charge in [-0.05, 0) is 76.9 Å². The van der Waals surface area contributed by atoms with Crippen LogP contribution in [0.1, 0.15) is 0 Å². The Labute approximate surface area is 224 Å². The van der Waals surface area contributed by atoms with Gasteiger partial charge in [0.15, 0.2) is 0 Å². The van der Waals surface area contributed by atoms with Crippen LogP contribution in [-0.2, 0) is 0 Å². The Hall–Kier alpha value is -5.08. The third kappa shape index (κ3) is 5.21. The number of para-hydroxylation sites is 2. The molecule has 0 radical (unpaired) electrons. The van der Waals surface area contributed by atoms with E-state index in [1.807, 2.05) is 6.07 Å². The van der Waals surface area contributed by atoms with Crippen molar-refractivity contribution in [2.24, 2.45) is 0 Å². The average Bonchev–Trinajstić information content (AvgIpc) is 3.00. The molecule has 6 aromatic carbocycles. The Kier molecular flexibility index (Phi) is 6.69. The monoisotopic (exact) mass is 488 g/mol. The molecule has 0 aliphatic rings. The number of benzene rings is 6. The summed E-state index contributed by atoms with van der Waals surface area (Å²) < 4.78 is 0. The van der Waals surface area contributed by atoms with Gasteiger partial charge in [0.1, 0.15) is 0 Å². The average molecular weight is 489 g/mol. The summed E-state index contributed by atoms with van der Waals surface area (Å²) in [6, 6.07) is 57.4. The van der Waals surface area contributed by atoms with Crippen LogP contribution in [0.2, 0.25) is 0 Å². The third-order valence-corrected chi connectivity index (χ3v) is 6.59. The summed E-state index contributed by atoms with van der Waals surface area (Å²) in [6.45, 7) is 0. The van der Waals surface area contributed by atoms with Crippen molar-refractivity contribution in [1.82, 2.24) is 0 Å². The lowest BCUT2D eigenvalue weighted by Gasteiger charge is -2.27. The highest BCUT2D eigenvalue weighted by Crippen LogP contribution is 2.39. The van der Waals surface area contributed by atoms with Gasteiger partial charge in [0.25, 0.3) is 0 Å². The molecule has 2 heteroatoms. The number of nitrogens with zero attached hydrogens (tertiary/aromatic N) is 1. The highest BCUT2D eigenvalue weighted by Gasteiger charge is 2.15. The largest absolute Gasteiger partial charge is 0.355 e. The second-order valence-electron chi connectivity index (χ2n) is 9.21. The summed E-state index contributed by atoms with van der Waals surface area (Å²) in [7, 11) is 0. The van der Waals surface area contributed by atoms with Crippen molar-refractivity contribution in [3.8, 4) is 22.3 Å². The summed E-state index contributed by atoms with van der Waals surface area (Å²) in [5.41, 5.74) is 10.1. The van der Waals surface area contributed by atoms with Crippen LogP contribution < -0.4 is 10.2 Å². The van der Waals surface area contributed by atoms with Gasteiger partial charge in [-0.2, -0.15) is 0 Å². The van der Waals surface area contributed by atoms with Crippen molar-refractivity contribution >= 4 is 28.4 Å². The van der Waals surface area contributed by atoms with Gasteiger partial charge in [0, 0.05) is 28.4 Å². The molecule has 6 rings (SSSR count). The van der Waals surface area contributed by atoms with Crippen molar-refractivity contribution < 1.29 is 0 Å². The lowest BCUT2D eigenvalue weighted by Crippen LogP contribution is -2.10. The molecule has 0 saturated heterocycles. The molecule has 0 heterocycles. The quantitative estimate of drug-likeness (QED) is 0.240. The summed E-state index contributed by atoms with van der Waals surface area (Å²) >= 11 is 0. The Balaban J connectivity index is 1.48. The van der Waals surface area contributed by atoms with E-state index >= 15 is 0 Å². The fraction of sp³-hybridized carbons (Fsp3) is 0. The standard InChI is InChI=1S/C36H28N2/c1-5-13-28(14-6-1)30-21-23-35(24-22-30)38(34-19-11-4-12-20-34)36-26-31(29-15-7-2-8-16-29)25-33(27-36)37-32-17-9-3-10-18-32/h1-27,37H. The SMILES string of the molecule is c1ccc(Nc2cc(-c3ccccc3)cc(N(c3ccccc3)c3ccc(-c4ccccc4)cc3)c2)cc1. The van der Waals surface area contributed by atoms with E-state index in [4.69, 9.17) is 0 Å². The van der Waals surface area contributed by atoms with Crippen LogP contribution in [0.15, 0.2) is 164 Å². The second kappa shape index (κ2) is 10.9. The number of anilines is 5. The van der Waals surface area contributed by atoms with Gasteiger partial charge in [-0.15, -0.1) is 0 Å². The highest BCUT2D eigenvalue weighted by atomic mass is 15.1. The minimum absolute atomic E-state index is 1.04. The Morgan fingerprint density at radius 1 is 0.316 bits per heavy atom. The molecular formula is C36H28N2. The van der Waals surface area contributed by atoms with E-state index < -0.39 is 0 Å². The van der Waals surface area contributed by atoms with Crippen LogP contribution in [0.25, 0.3) is 22.3 Å². The summed E-state index contributed by atoms with van der Waals surface area (Å²) in [6.07, 6.45) is 0. The first-order valence-corrected chi connectivity index (χ1v) is 12.9. The second-order valence-corrected chi connectivity index (χ2v) is 9.21. The van der Waals surface area contributed by atoms with Crippen molar-refractivity contribution in [3.05, 3.63) is 164 Å². The summed E-state index contributed by atoms with van der Waals surface area (Å²) in [5.74, 6) is 0. The molecule has 0 fully saturated rings. The zero-order valence-electron chi connectivity index (χ0n) is 21.0. The predicted molar refractivity (Wildman–Crippen MR) is 162 cm³/mol. The van der Waals surface area contributed by atoms with E-state index in [9.17, 15) is 0 Å². The van der Waals surface area contributed by atoms with Crippen LogP contribution in [0, 0.1) is 0 Å². The molecule has 2 nitrogen and oxygen atoms in total. The maximum absolute atomic E-state index is 3.62. The maximum Gasteiger partial charge on any atom is 0.0488 e. The van der Waals surface area contributed by atoms with Crippen LogP contribution in [0.5, 0.6) is 0 Å². The van der Waals surface area contributed by atoms with Crippen molar-refractivity contribution in [1.29, 1.82) is 0 Å². The van der Waals surface area contributed by atoms with E-state index in [-0.39, 0.29) is 0 Å². The van der Waals surface area contributed by atoms with E-state index in [0.29, 0.717) is 0 Å².